The second kappa shape index (κ2) is 9.03. The molecule has 10 heteroatoms. The molecule has 2 aromatic heterocycles. The molecule has 3 heterocycles. The van der Waals surface area contributed by atoms with Gasteiger partial charge in [-0.25, -0.2) is 12.8 Å². The van der Waals surface area contributed by atoms with Crippen LogP contribution in [0, 0.1) is 12.7 Å². The molecule has 0 bridgehead atoms. The van der Waals surface area contributed by atoms with E-state index in [2.05, 4.69) is 4.98 Å². The van der Waals surface area contributed by atoms with E-state index < -0.39 is 15.7 Å². The number of hydrogen-bond donors (Lipinski definition) is 0. The van der Waals surface area contributed by atoms with Crippen molar-refractivity contribution in [2.24, 2.45) is 0 Å². The molecule has 0 unspecified atom stereocenters. The van der Waals surface area contributed by atoms with E-state index in [1.165, 1.54) is 18.4 Å². The smallest absolute Gasteiger partial charge is 0.266 e. The number of hydrogen-bond acceptors (Lipinski definition) is 7. The molecule has 8 nitrogen and oxygen atoms in total. The minimum Gasteiger partial charge on any atom is -0.459 e. The fourth-order valence-electron chi connectivity index (χ4n) is 3.90. The molecule has 0 aliphatic carbocycles. The molecule has 1 saturated heterocycles. The lowest BCUT2D eigenvalue weighted by molar-refractivity contribution is 0.0745. The maximum Gasteiger partial charge on any atom is 0.266 e. The van der Waals surface area contributed by atoms with E-state index in [0.717, 1.165) is 17.7 Å². The lowest BCUT2D eigenvalue weighted by atomic mass is 10.1. The number of anilines is 1. The zero-order chi connectivity index (χ0) is 24.6. The summed E-state index contributed by atoms with van der Waals surface area (Å²) in [5.74, 6) is -0.278. The third kappa shape index (κ3) is 4.44. The second-order valence-electron chi connectivity index (χ2n) is 8.21. The van der Waals surface area contributed by atoms with Crippen LogP contribution in [0.2, 0.25) is 0 Å². The minimum atomic E-state index is -4.12. The fraction of sp³-hybridized carbons (Fsp3) is 0.200. The van der Waals surface area contributed by atoms with Crippen molar-refractivity contribution in [1.82, 2.24) is 9.88 Å². The fourth-order valence-corrected chi connectivity index (χ4v) is 5.22. The van der Waals surface area contributed by atoms with Crippen LogP contribution in [0.3, 0.4) is 0 Å². The van der Waals surface area contributed by atoms with Gasteiger partial charge >= 0.3 is 0 Å². The SMILES string of the molecule is Cc1ccc(C(=O)N2CCN(c3oc(-c4ccco4)nc3S(=O)(=O)c3ccc(F)cc3)CC2)cc1. The summed E-state index contributed by atoms with van der Waals surface area (Å²) < 4.78 is 51.5. The molecule has 1 fully saturated rings. The highest BCUT2D eigenvalue weighted by atomic mass is 32.2. The number of carbonyl (C=O) groups is 1. The number of carbonyl (C=O) groups excluding carboxylic acids is 1. The van der Waals surface area contributed by atoms with Gasteiger partial charge in [-0.3, -0.25) is 4.79 Å². The van der Waals surface area contributed by atoms with Crippen molar-refractivity contribution in [1.29, 1.82) is 0 Å². The highest BCUT2D eigenvalue weighted by Crippen LogP contribution is 2.35. The van der Waals surface area contributed by atoms with E-state index in [0.29, 0.717) is 31.7 Å². The average Bonchev–Trinajstić information content (AvgIpc) is 3.55. The molecule has 0 radical (unpaired) electrons. The number of nitrogens with zero attached hydrogens (tertiary/aromatic N) is 3. The quantitative estimate of drug-likeness (QED) is 0.383. The van der Waals surface area contributed by atoms with E-state index in [9.17, 15) is 17.6 Å². The number of rotatable bonds is 5. The van der Waals surface area contributed by atoms with Crippen molar-refractivity contribution in [3.63, 3.8) is 0 Å². The summed E-state index contributed by atoms with van der Waals surface area (Å²) in [6.45, 7) is 3.39. The highest BCUT2D eigenvalue weighted by Gasteiger charge is 2.34. The van der Waals surface area contributed by atoms with Crippen LogP contribution in [0.1, 0.15) is 15.9 Å². The zero-order valence-corrected chi connectivity index (χ0v) is 19.7. The number of benzene rings is 2. The lowest BCUT2D eigenvalue weighted by Crippen LogP contribution is -2.49. The molecule has 0 N–H and O–H groups in total. The lowest BCUT2D eigenvalue weighted by Gasteiger charge is -2.34. The summed E-state index contributed by atoms with van der Waals surface area (Å²) in [5.41, 5.74) is 1.67. The van der Waals surface area contributed by atoms with Gasteiger partial charge in [-0.2, -0.15) is 4.98 Å². The van der Waals surface area contributed by atoms with Gasteiger partial charge in [-0.15, -0.1) is 0 Å². The Morgan fingerprint density at radius 2 is 1.66 bits per heavy atom. The predicted molar refractivity (Wildman–Crippen MR) is 125 cm³/mol. The Balaban J connectivity index is 1.44. The van der Waals surface area contributed by atoms with Crippen LogP contribution in [0.25, 0.3) is 11.7 Å². The van der Waals surface area contributed by atoms with Crippen molar-refractivity contribution in [3.05, 3.63) is 83.9 Å². The number of halogens is 1. The number of piperazine rings is 1. The van der Waals surface area contributed by atoms with Crippen molar-refractivity contribution in [2.45, 2.75) is 16.8 Å². The van der Waals surface area contributed by atoms with Crippen molar-refractivity contribution in [3.8, 4) is 11.7 Å². The van der Waals surface area contributed by atoms with Gasteiger partial charge in [0.2, 0.25) is 20.7 Å². The third-order valence-electron chi connectivity index (χ3n) is 5.84. The van der Waals surface area contributed by atoms with Gasteiger partial charge in [0.25, 0.3) is 11.8 Å². The van der Waals surface area contributed by atoms with Crippen LogP contribution in [0.4, 0.5) is 10.3 Å². The van der Waals surface area contributed by atoms with Crippen LogP contribution in [0.15, 0.2) is 85.7 Å². The predicted octanol–water partition coefficient (Wildman–Crippen LogP) is 4.18. The zero-order valence-electron chi connectivity index (χ0n) is 18.8. The topological polar surface area (TPSA) is 96.9 Å². The van der Waals surface area contributed by atoms with Crippen LogP contribution >= 0.6 is 0 Å². The Morgan fingerprint density at radius 3 is 2.29 bits per heavy atom. The molecule has 2 aromatic carbocycles. The normalized spacial score (nSPS) is 14.3. The van der Waals surface area contributed by atoms with Crippen molar-refractivity contribution >= 4 is 21.6 Å². The maximum atomic E-state index is 13.4. The van der Waals surface area contributed by atoms with Crippen molar-refractivity contribution in [2.75, 3.05) is 31.1 Å². The number of aryl methyl sites for hydroxylation is 1. The molecule has 1 aliphatic rings. The van der Waals surface area contributed by atoms with E-state index in [4.69, 9.17) is 8.83 Å². The molecule has 5 rings (SSSR count). The van der Waals surface area contributed by atoms with Gasteiger partial charge in [0.15, 0.2) is 5.76 Å². The van der Waals surface area contributed by atoms with Gasteiger partial charge in [-0.1, -0.05) is 17.7 Å². The van der Waals surface area contributed by atoms with E-state index in [1.54, 1.807) is 34.1 Å². The largest absolute Gasteiger partial charge is 0.459 e. The summed E-state index contributed by atoms with van der Waals surface area (Å²) in [7, 11) is -4.12. The summed E-state index contributed by atoms with van der Waals surface area (Å²) in [6.07, 6.45) is 1.43. The molecular formula is C25H22FN3O5S. The maximum absolute atomic E-state index is 13.4. The van der Waals surface area contributed by atoms with E-state index in [1.807, 2.05) is 19.1 Å². The standard InChI is InChI=1S/C25H22FN3O5S/c1-17-4-6-18(7-5-17)24(30)28-12-14-29(15-13-28)25-23(27-22(34-25)21-3-2-16-33-21)35(31,32)20-10-8-19(26)9-11-20/h2-11,16H,12-15H2,1H3. The second-order valence-corrected chi connectivity index (χ2v) is 10.1. The summed E-state index contributed by atoms with van der Waals surface area (Å²) in [6, 6.07) is 15.2. The van der Waals surface area contributed by atoms with Gasteiger partial charge in [0.1, 0.15) is 5.82 Å². The van der Waals surface area contributed by atoms with Crippen LogP contribution < -0.4 is 4.90 Å². The third-order valence-corrected chi connectivity index (χ3v) is 7.51. The van der Waals surface area contributed by atoms with Crippen LogP contribution in [0.5, 0.6) is 0 Å². The summed E-state index contributed by atoms with van der Waals surface area (Å²) in [4.78, 5) is 20.5. The molecule has 4 aromatic rings. The van der Waals surface area contributed by atoms with Crippen molar-refractivity contribution < 1.29 is 26.4 Å². The van der Waals surface area contributed by atoms with Gasteiger partial charge in [0.05, 0.1) is 11.2 Å². The van der Waals surface area contributed by atoms with E-state index >= 15 is 0 Å². The number of furan rings is 1. The number of amides is 1. The van der Waals surface area contributed by atoms with E-state index in [-0.39, 0.29) is 33.4 Å². The van der Waals surface area contributed by atoms with Crippen LogP contribution in [-0.2, 0) is 9.84 Å². The first-order valence-corrected chi connectivity index (χ1v) is 12.5. The molecule has 0 spiro atoms. The first-order chi connectivity index (χ1) is 16.8. The molecule has 180 valence electrons. The summed E-state index contributed by atoms with van der Waals surface area (Å²) in [5, 5.41) is -0.284. The molecule has 0 atom stereocenters. The minimum absolute atomic E-state index is 0.0175. The Hall–Kier alpha value is -3.92. The monoisotopic (exact) mass is 495 g/mol. The Labute approximate surface area is 201 Å². The van der Waals surface area contributed by atoms with Crippen LogP contribution in [-0.4, -0.2) is 50.4 Å². The van der Waals surface area contributed by atoms with Gasteiger partial charge in [0, 0.05) is 31.7 Å². The van der Waals surface area contributed by atoms with Gasteiger partial charge < -0.3 is 18.6 Å². The molecule has 1 aliphatic heterocycles. The highest BCUT2D eigenvalue weighted by molar-refractivity contribution is 7.91. The molecule has 35 heavy (non-hydrogen) atoms. The number of oxazole rings is 1. The average molecular weight is 496 g/mol. The first-order valence-electron chi connectivity index (χ1n) is 11.0. The molecule has 1 amide bonds. The number of sulfone groups is 1. The Kier molecular flexibility index (Phi) is 5.89. The number of aromatic nitrogens is 1. The Morgan fingerprint density at radius 1 is 0.971 bits per heavy atom. The molecule has 0 saturated carbocycles. The Bertz CT molecular complexity index is 1440. The summed E-state index contributed by atoms with van der Waals surface area (Å²) >= 11 is 0. The first kappa shape index (κ1) is 22.9. The van der Waals surface area contributed by atoms with Gasteiger partial charge in [-0.05, 0) is 55.5 Å². The molecular weight excluding hydrogens is 473 g/mol.